The second kappa shape index (κ2) is 11.2. The van der Waals surface area contributed by atoms with E-state index in [2.05, 4.69) is 4.99 Å². The Labute approximate surface area is 179 Å². The SMILES string of the molecule is CN(CCN(CC=O)c1c(C#N)ccc(COC(=O)N=C(N)N)c1F)c1ccccc1. The molecule has 9 nitrogen and oxygen atoms in total. The van der Waals surface area contributed by atoms with Gasteiger partial charge in [0.15, 0.2) is 11.8 Å². The fourth-order valence-corrected chi connectivity index (χ4v) is 2.86. The second-order valence-electron chi connectivity index (χ2n) is 6.51. The molecule has 2 aromatic rings. The van der Waals surface area contributed by atoms with Crippen molar-refractivity contribution in [2.24, 2.45) is 16.5 Å². The Balaban J connectivity index is 2.26. The molecule has 1 amide bonds. The fraction of sp³-hybridized carbons (Fsp3) is 0.238. The maximum atomic E-state index is 15.3. The molecule has 0 saturated carbocycles. The van der Waals surface area contributed by atoms with E-state index in [0.29, 0.717) is 12.8 Å². The first-order valence-electron chi connectivity index (χ1n) is 9.30. The van der Waals surface area contributed by atoms with Crippen LogP contribution in [0.2, 0.25) is 0 Å². The van der Waals surface area contributed by atoms with Gasteiger partial charge in [0.25, 0.3) is 0 Å². The number of nitriles is 1. The number of para-hydroxylation sites is 1. The number of amides is 1. The molecule has 0 saturated heterocycles. The van der Waals surface area contributed by atoms with Crippen LogP contribution in [0, 0.1) is 17.1 Å². The number of benzene rings is 2. The minimum absolute atomic E-state index is 0.0143. The van der Waals surface area contributed by atoms with Gasteiger partial charge in [-0.05, 0) is 18.2 Å². The molecule has 10 heteroatoms. The molecule has 0 unspecified atom stereocenters. The van der Waals surface area contributed by atoms with Crippen LogP contribution in [0.25, 0.3) is 0 Å². The van der Waals surface area contributed by atoms with Crippen molar-refractivity contribution in [1.82, 2.24) is 0 Å². The number of guanidine groups is 1. The lowest BCUT2D eigenvalue weighted by molar-refractivity contribution is -0.106. The minimum Gasteiger partial charge on any atom is -0.443 e. The standard InChI is InChI=1S/C21H23FN6O3/c1-27(17-5-3-2-4-6-17)9-10-28(11-12-29)19-15(13-23)7-8-16(18(19)22)14-31-21(30)26-20(24)25/h2-8,12H,9-11,14H2,1H3,(H4,24,25,26,30). The zero-order valence-corrected chi connectivity index (χ0v) is 17.0. The third kappa shape index (κ3) is 6.43. The second-order valence-corrected chi connectivity index (χ2v) is 6.51. The maximum absolute atomic E-state index is 15.3. The van der Waals surface area contributed by atoms with Gasteiger partial charge in [-0.1, -0.05) is 24.3 Å². The summed E-state index contributed by atoms with van der Waals surface area (Å²) in [6.07, 6.45) is -0.436. The number of hydrogen-bond acceptors (Lipinski definition) is 6. The molecule has 2 aromatic carbocycles. The van der Waals surface area contributed by atoms with Crippen LogP contribution in [-0.4, -0.2) is 45.0 Å². The van der Waals surface area contributed by atoms with Gasteiger partial charge in [0, 0.05) is 31.4 Å². The molecule has 0 aliphatic carbocycles. The molecule has 162 valence electrons. The van der Waals surface area contributed by atoms with Crippen molar-refractivity contribution < 1.29 is 18.7 Å². The van der Waals surface area contributed by atoms with E-state index >= 15 is 4.39 Å². The Morgan fingerprint density at radius 2 is 1.94 bits per heavy atom. The highest BCUT2D eigenvalue weighted by atomic mass is 19.1. The van der Waals surface area contributed by atoms with Crippen molar-refractivity contribution in [2.45, 2.75) is 6.61 Å². The lowest BCUT2D eigenvalue weighted by atomic mass is 10.1. The largest absolute Gasteiger partial charge is 0.443 e. The van der Waals surface area contributed by atoms with E-state index < -0.39 is 24.5 Å². The molecule has 0 fully saturated rings. The Morgan fingerprint density at radius 1 is 1.23 bits per heavy atom. The Bertz CT molecular complexity index is 987. The highest BCUT2D eigenvalue weighted by molar-refractivity contribution is 5.87. The lowest BCUT2D eigenvalue weighted by Gasteiger charge is -2.28. The van der Waals surface area contributed by atoms with Gasteiger partial charge in [0.2, 0.25) is 0 Å². The van der Waals surface area contributed by atoms with Crippen LogP contribution < -0.4 is 21.3 Å². The van der Waals surface area contributed by atoms with Gasteiger partial charge in [0.1, 0.15) is 19.0 Å². The van der Waals surface area contributed by atoms with Gasteiger partial charge < -0.3 is 30.8 Å². The van der Waals surface area contributed by atoms with E-state index in [0.717, 1.165) is 5.69 Å². The average Bonchev–Trinajstić information content (AvgIpc) is 2.75. The normalized spacial score (nSPS) is 9.97. The third-order valence-corrected chi connectivity index (χ3v) is 4.40. The van der Waals surface area contributed by atoms with Crippen molar-refractivity contribution in [2.75, 3.05) is 36.5 Å². The van der Waals surface area contributed by atoms with Gasteiger partial charge in [-0.15, -0.1) is 4.99 Å². The quantitative estimate of drug-likeness (QED) is 0.351. The molecule has 2 rings (SSSR count). The van der Waals surface area contributed by atoms with Crippen LogP contribution in [0.4, 0.5) is 20.6 Å². The van der Waals surface area contributed by atoms with Crippen molar-refractivity contribution >= 4 is 29.7 Å². The molecule has 0 spiro atoms. The first kappa shape index (κ1) is 23.2. The summed E-state index contributed by atoms with van der Waals surface area (Å²) in [7, 11) is 1.87. The Morgan fingerprint density at radius 3 is 2.55 bits per heavy atom. The summed E-state index contributed by atoms with van der Waals surface area (Å²) < 4.78 is 20.1. The first-order valence-corrected chi connectivity index (χ1v) is 9.30. The van der Waals surface area contributed by atoms with Crippen LogP contribution in [0.15, 0.2) is 47.5 Å². The number of aliphatic imine (C=N–C) groups is 1. The number of nitrogens with zero attached hydrogens (tertiary/aromatic N) is 4. The van der Waals surface area contributed by atoms with E-state index in [-0.39, 0.29) is 29.9 Å². The minimum atomic E-state index is -1.07. The molecule has 0 heterocycles. The number of halogens is 1. The number of carbonyl (C=O) groups is 2. The van der Waals surface area contributed by atoms with Gasteiger partial charge in [-0.3, -0.25) is 0 Å². The zero-order chi connectivity index (χ0) is 22.8. The summed E-state index contributed by atoms with van der Waals surface area (Å²) in [5.41, 5.74) is 11.2. The number of ether oxygens (including phenoxy) is 1. The van der Waals surface area contributed by atoms with Gasteiger partial charge in [-0.25, -0.2) is 9.18 Å². The van der Waals surface area contributed by atoms with Crippen LogP contribution in [-0.2, 0) is 16.1 Å². The molecule has 0 bridgehead atoms. The van der Waals surface area contributed by atoms with E-state index in [1.807, 2.05) is 48.3 Å². The highest BCUT2D eigenvalue weighted by Crippen LogP contribution is 2.27. The predicted octanol–water partition coefficient (Wildman–Crippen LogP) is 1.75. The summed E-state index contributed by atoms with van der Waals surface area (Å²) in [4.78, 5) is 29.4. The number of aldehydes is 1. The van der Waals surface area contributed by atoms with Crippen LogP contribution in [0.1, 0.15) is 11.1 Å². The summed E-state index contributed by atoms with van der Waals surface area (Å²) in [6, 6.07) is 14.2. The molecule has 4 N–H and O–H groups in total. The zero-order valence-electron chi connectivity index (χ0n) is 17.0. The molecule has 0 aromatic heterocycles. The number of rotatable bonds is 9. The lowest BCUT2D eigenvalue weighted by Crippen LogP contribution is -2.35. The fourth-order valence-electron chi connectivity index (χ4n) is 2.86. The van der Waals surface area contributed by atoms with Crippen molar-refractivity contribution in [3.63, 3.8) is 0 Å². The highest BCUT2D eigenvalue weighted by Gasteiger charge is 2.21. The number of carbonyl (C=O) groups excluding carboxylic acids is 2. The van der Waals surface area contributed by atoms with E-state index in [9.17, 15) is 14.9 Å². The maximum Gasteiger partial charge on any atom is 0.437 e. The van der Waals surface area contributed by atoms with E-state index in [1.165, 1.54) is 17.0 Å². The molecule has 0 aliphatic heterocycles. The topological polar surface area (TPSA) is 138 Å². The monoisotopic (exact) mass is 426 g/mol. The van der Waals surface area contributed by atoms with E-state index in [1.54, 1.807) is 0 Å². The summed E-state index contributed by atoms with van der Waals surface area (Å²) >= 11 is 0. The van der Waals surface area contributed by atoms with Crippen molar-refractivity contribution in [3.05, 3.63) is 59.4 Å². The van der Waals surface area contributed by atoms with Crippen LogP contribution >= 0.6 is 0 Å². The smallest absolute Gasteiger partial charge is 0.437 e. The van der Waals surface area contributed by atoms with Gasteiger partial charge in [0.05, 0.1) is 17.8 Å². The number of nitrogens with two attached hydrogens (primary N) is 2. The third-order valence-electron chi connectivity index (χ3n) is 4.40. The first-order chi connectivity index (χ1) is 14.9. The molecular formula is C21H23FN6O3. The summed E-state index contributed by atoms with van der Waals surface area (Å²) in [6.45, 7) is 0.170. The predicted molar refractivity (Wildman–Crippen MR) is 115 cm³/mol. The molecule has 31 heavy (non-hydrogen) atoms. The van der Waals surface area contributed by atoms with E-state index in [4.69, 9.17) is 16.2 Å². The van der Waals surface area contributed by atoms with Gasteiger partial charge in [-0.2, -0.15) is 5.26 Å². The van der Waals surface area contributed by atoms with Gasteiger partial charge >= 0.3 is 6.09 Å². The van der Waals surface area contributed by atoms with Crippen LogP contribution in [0.5, 0.6) is 0 Å². The van der Waals surface area contributed by atoms with Crippen molar-refractivity contribution in [3.8, 4) is 6.07 Å². The number of hydrogen-bond donors (Lipinski definition) is 2. The Kier molecular flexibility index (Phi) is 8.33. The number of likely N-dealkylation sites (N-methyl/N-ethyl adjacent to an activating group) is 1. The van der Waals surface area contributed by atoms with Crippen molar-refractivity contribution in [1.29, 1.82) is 5.26 Å². The molecule has 0 radical (unpaired) electrons. The number of anilines is 2. The summed E-state index contributed by atoms with van der Waals surface area (Å²) in [5, 5.41) is 9.45. The van der Waals surface area contributed by atoms with Crippen LogP contribution in [0.3, 0.4) is 0 Å². The Hall–Kier alpha value is -4.13. The molecule has 0 aliphatic rings. The summed E-state index contributed by atoms with van der Waals surface area (Å²) in [5.74, 6) is -1.24. The average molecular weight is 426 g/mol. The molecule has 0 atom stereocenters. The molecular weight excluding hydrogens is 403 g/mol.